The van der Waals surface area contributed by atoms with Crippen LogP contribution in [-0.4, -0.2) is 11.1 Å². The zero-order valence-electron chi connectivity index (χ0n) is 11.0. The van der Waals surface area contributed by atoms with Crippen molar-refractivity contribution in [3.63, 3.8) is 0 Å². The molecule has 0 spiro atoms. The highest BCUT2D eigenvalue weighted by molar-refractivity contribution is 5.85. The molecule has 0 heterocycles. The third kappa shape index (κ3) is 5.67. The summed E-state index contributed by atoms with van der Waals surface area (Å²) in [6.45, 7) is 0.280. The van der Waals surface area contributed by atoms with Crippen molar-refractivity contribution in [2.24, 2.45) is 0 Å². The zero-order chi connectivity index (χ0) is 14.4. The predicted octanol–water partition coefficient (Wildman–Crippen LogP) is 3.92. The van der Waals surface area contributed by atoms with E-state index >= 15 is 0 Å². The minimum absolute atomic E-state index is 0. The second-order valence-corrected chi connectivity index (χ2v) is 4.16. The van der Waals surface area contributed by atoms with Gasteiger partial charge in [-0.2, -0.15) is 0 Å². The Morgan fingerprint density at radius 2 is 1.90 bits per heavy atom. The van der Waals surface area contributed by atoms with Crippen LogP contribution in [0.4, 0.5) is 4.39 Å². The predicted molar refractivity (Wildman–Crippen MR) is 81.1 cm³/mol. The van der Waals surface area contributed by atoms with Gasteiger partial charge in [-0.3, -0.25) is 0 Å². The molecule has 0 bridgehead atoms. The van der Waals surface area contributed by atoms with Gasteiger partial charge in [0, 0.05) is 6.08 Å². The summed E-state index contributed by atoms with van der Waals surface area (Å²) in [5.41, 5.74) is 1.52. The lowest BCUT2D eigenvalue weighted by Gasteiger charge is -2.06. The van der Waals surface area contributed by atoms with Gasteiger partial charge in [0.05, 0.1) is 0 Å². The standard InChI is InChI=1S/C16H13FO3.ClH/c17-14-3-1-2-13(10-14)11-20-15-7-4-12(5-8-15)6-9-16(18)19;/h1-10H,11H2,(H,18,19);1H. The average Bonchev–Trinajstić information content (AvgIpc) is 2.44. The minimum Gasteiger partial charge on any atom is -0.489 e. The van der Waals surface area contributed by atoms with Crippen LogP contribution in [0.3, 0.4) is 0 Å². The van der Waals surface area contributed by atoms with Gasteiger partial charge in [-0.25, -0.2) is 9.18 Å². The molecule has 0 atom stereocenters. The second-order valence-electron chi connectivity index (χ2n) is 4.16. The fourth-order valence-corrected chi connectivity index (χ4v) is 1.64. The number of hydrogen-bond donors (Lipinski definition) is 1. The van der Waals surface area contributed by atoms with Crippen LogP contribution in [0.25, 0.3) is 6.08 Å². The van der Waals surface area contributed by atoms with Gasteiger partial charge < -0.3 is 9.84 Å². The fraction of sp³-hybridized carbons (Fsp3) is 0.0625. The van der Waals surface area contributed by atoms with E-state index < -0.39 is 5.97 Å². The summed E-state index contributed by atoms with van der Waals surface area (Å²) in [7, 11) is 0. The molecular weight excluding hydrogens is 295 g/mol. The number of benzene rings is 2. The van der Waals surface area contributed by atoms with Crippen LogP contribution in [0.1, 0.15) is 11.1 Å². The van der Waals surface area contributed by atoms with E-state index in [0.717, 1.165) is 17.2 Å². The number of rotatable bonds is 5. The van der Waals surface area contributed by atoms with Crippen LogP contribution in [0.15, 0.2) is 54.6 Å². The Morgan fingerprint density at radius 1 is 1.19 bits per heavy atom. The molecule has 0 aliphatic heterocycles. The molecule has 2 aromatic rings. The van der Waals surface area contributed by atoms with Gasteiger partial charge in [-0.15, -0.1) is 12.4 Å². The van der Waals surface area contributed by atoms with Gasteiger partial charge in [-0.1, -0.05) is 24.3 Å². The largest absolute Gasteiger partial charge is 0.489 e. The lowest BCUT2D eigenvalue weighted by Crippen LogP contribution is -1.95. The van der Waals surface area contributed by atoms with Crippen molar-refractivity contribution in [1.29, 1.82) is 0 Å². The van der Waals surface area contributed by atoms with E-state index in [1.165, 1.54) is 18.2 Å². The Labute approximate surface area is 128 Å². The van der Waals surface area contributed by atoms with Crippen molar-refractivity contribution >= 4 is 24.5 Å². The SMILES string of the molecule is Cl.O=C(O)C=Cc1ccc(OCc2cccc(F)c2)cc1. The molecule has 0 saturated carbocycles. The number of aliphatic carboxylic acids is 1. The van der Waals surface area contributed by atoms with Crippen LogP contribution in [0.5, 0.6) is 5.75 Å². The van der Waals surface area contributed by atoms with E-state index in [9.17, 15) is 9.18 Å². The van der Waals surface area contributed by atoms with Crippen LogP contribution in [-0.2, 0) is 11.4 Å². The van der Waals surface area contributed by atoms with Crippen molar-refractivity contribution in [2.75, 3.05) is 0 Å². The maximum atomic E-state index is 13.0. The van der Waals surface area contributed by atoms with Gasteiger partial charge >= 0.3 is 5.97 Å². The lowest BCUT2D eigenvalue weighted by atomic mass is 10.2. The first-order chi connectivity index (χ1) is 9.63. The molecule has 0 aliphatic rings. The Morgan fingerprint density at radius 3 is 2.52 bits per heavy atom. The number of hydrogen-bond acceptors (Lipinski definition) is 2. The summed E-state index contributed by atoms with van der Waals surface area (Å²) in [4.78, 5) is 10.4. The van der Waals surface area contributed by atoms with Crippen molar-refractivity contribution in [1.82, 2.24) is 0 Å². The first kappa shape index (κ1) is 16.7. The van der Waals surface area contributed by atoms with Crippen molar-refractivity contribution in [2.45, 2.75) is 6.61 Å². The number of carboxylic acid groups (broad SMARTS) is 1. The van der Waals surface area contributed by atoms with Gasteiger partial charge in [0.15, 0.2) is 0 Å². The van der Waals surface area contributed by atoms with Crippen LogP contribution < -0.4 is 4.74 Å². The molecule has 0 unspecified atom stereocenters. The summed E-state index contributed by atoms with van der Waals surface area (Å²) in [5, 5.41) is 8.52. The number of carbonyl (C=O) groups is 1. The third-order valence-corrected chi connectivity index (χ3v) is 2.59. The van der Waals surface area contributed by atoms with Crippen LogP contribution in [0, 0.1) is 5.82 Å². The van der Waals surface area contributed by atoms with Crippen molar-refractivity contribution < 1.29 is 19.0 Å². The average molecular weight is 309 g/mol. The molecule has 2 aromatic carbocycles. The summed E-state index contributed by atoms with van der Waals surface area (Å²) in [5.74, 6) is -0.640. The van der Waals surface area contributed by atoms with Crippen molar-refractivity contribution in [3.05, 3.63) is 71.6 Å². The molecule has 21 heavy (non-hydrogen) atoms. The Balaban J connectivity index is 0.00000220. The molecule has 3 nitrogen and oxygen atoms in total. The maximum absolute atomic E-state index is 13.0. The third-order valence-electron chi connectivity index (χ3n) is 2.59. The van der Waals surface area contributed by atoms with E-state index in [1.807, 2.05) is 0 Å². The Bertz CT molecular complexity index is 624. The highest BCUT2D eigenvalue weighted by Crippen LogP contribution is 2.15. The van der Waals surface area contributed by atoms with E-state index in [1.54, 1.807) is 36.4 Å². The number of halogens is 2. The van der Waals surface area contributed by atoms with E-state index in [2.05, 4.69) is 0 Å². The normalized spacial score (nSPS) is 10.1. The topological polar surface area (TPSA) is 46.5 Å². The summed E-state index contributed by atoms with van der Waals surface area (Å²) in [6, 6.07) is 13.2. The van der Waals surface area contributed by atoms with E-state index in [-0.39, 0.29) is 24.8 Å². The molecule has 2 rings (SSSR count). The molecule has 5 heteroatoms. The molecule has 0 amide bonds. The first-order valence-corrected chi connectivity index (χ1v) is 6.02. The number of carboxylic acids is 1. The van der Waals surface area contributed by atoms with Gasteiger partial charge in [-0.05, 0) is 41.5 Å². The lowest BCUT2D eigenvalue weighted by molar-refractivity contribution is -0.131. The molecular formula is C16H14ClFO3. The van der Waals surface area contributed by atoms with Gasteiger partial charge in [0.1, 0.15) is 18.2 Å². The second kappa shape index (κ2) is 8.07. The first-order valence-electron chi connectivity index (χ1n) is 6.02. The highest BCUT2D eigenvalue weighted by atomic mass is 35.5. The zero-order valence-corrected chi connectivity index (χ0v) is 11.8. The van der Waals surface area contributed by atoms with Gasteiger partial charge in [0.2, 0.25) is 0 Å². The highest BCUT2D eigenvalue weighted by Gasteiger charge is 1.98. The number of ether oxygens (including phenoxy) is 1. The quantitative estimate of drug-likeness (QED) is 0.851. The summed E-state index contributed by atoms with van der Waals surface area (Å²) in [6.07, 6.45) is 2.57. The van der Waals surface area contributed by atoms with E-state index in [4.69, 9.17) is 9.84 Å². The maximum Gasteiger partial charge on any atom is 0.328 e. The molecule has 0 aliphatic carbocycles. The molecule has 0 fully saturated rings. The van der Waals surface area contributed by atoms with Crippen molar-refractivity contribution in [3.8, 4) is 5.75 Å². The monoisotopic (exact) mass is 308 g/mol. The Kier molecular flexibility index (Phi) is 6.43. The summed E-state index contributed by atoms with van der Waals surface area (Å²) < 4.78 is 18.5. The molecule has 0 aromatic heterocycles. The fourth-order valence-electron chi connectivity index (χ4n) is 1.64. The summed E-state index contributed by atoms with van der Waals surface area (Å²) >= 11 is 0. The molecule has 0 radical (unpaired) electrons. The van der Waals surface area contributed by atoms with Gasteiger partial charge in [0.25, 0.3) is 0 Å². The smallest absolute Gasteiger partial charge is 0.328 e. The van der Waals surface area contributed by atoms with E-state index in [0.29, 0.717) is 5.75 Å². The molecule has 0 saturated heterocycles. The minimum atomic E-state index is -0.989. The molecule has 110 valence electrons. The Hall–Kier alpha value is -2.33. The molecule has 1 N–H and O–H groups in total. The van der Waals surface area contributed by atoms with Crippen LogP contribution >= 0.6 is 12.4 Å². The van der Waals surface area contributed by atoms with Crippen LogP contribution in [0.2, 0.25) is 0 Å².